The number of hydrogen-bond acceptors (Lipinski definition) is 1. The number of aryl methyl sites for hydroxylation is 2. The molecule has 0 saturated carbocycles. The Labute approximate surface area is 148 Å². The van der Waals surface area contributed by atoms with E-state index in [-0.39, 0.29) is 5.82 Å². The minimum absolute atomic E-state index is 0.0954. The summed E-state index contributed by atoms with van der Waals surface area (Å²) in [5.74, 6) is -0.0954. The Kier molecular flexibility index (Phi) is 4.34. The van der Waals surface area contributed by atoms with Crippen molar-refractivity contribution in [3.8, 4) is 0 Å². The van der Waals surface area contributed by atoms with Crippen LogP contribution in [0.15, 0.2) is 48.5 Å². The van der Waals surface area contributed by atoms with E-state index in [1.54, 1.807) is 6.07 Å². The monoisotopic (exact) mass is 336 g/mol. The maximum Gasteiger partial charge on any atom is 0.147 e. The third kappa shape index (κ3) is 2.98. The van der Waals surface area contributed by atoms with E-state index in [4.69, 9.17) is 0 Å². The van der Waals surface area contributed by atoms with Crippen molar-refractivity contribution in [1.82, 2.24) is 9.47 Å². The number of rotatable bonds is 4. The fourth-order valence-corrected chi connectivity index (χ4v) is 4.07. The van der Waals surface area contributed by atoms with Crippen molar-refractivity contribution in [2.75, 3.05) is 7.05 Å². The van der Waals surface area contributed by atoms with E-state index in [1.165, 1.54) is 16.8 Å². The first-order valence-corrected chi connectivity index (χ1v) is 9.18. The molecular formula is C22H25FN2. The van der Waals surface area contributed by atoms with Gasteiger partial charge in [0.25, 0.3) is 0 Å². The molecule has 1 aromatic heterocycles. The molecule has 2 aromatic carbocycles. The summed E-state index contributed by atoms with van der Waals surface area (Å²) < 4.78 is 16.9. The Morgan fingerprint density at radius 2 is 1.88 bits per heavy atom. The van der Waals surface area contributed by atoms with E-state index in [0.29, 0.717) is 6.04 Å². The number of fused-ring (bicyclic) bond motifs is 3. The van der Waals surface area contributed by atoms with Crippen LogP contribution in [0.2, 0.25) is 0 Å². The number of para-hydroxylation sites is 1. The molecule has 3 heteroatoms. The first kappa shape index (κ1) is 16.3. The van der Waals surface area contributed by atoms with Gasteiger partial charge in [0, 0.05) is 36.6 Å². The normalized spacial score (nSPS) is 17.8. The maximum atomic E-state index is 14.6. The second-order valence-corrected chi connectivity index (χ2v) is 7.27. The highest BCUT2D eigenvalue weighted by Gasteiger charge is 2.27. The zero-order chi connectivity index (χ0) is 17.4. The number of aromatic nitrogens is 1. The van der Waals surface area contributed by atoms with E-state index in [9.17, 15) is 4.39 Å². The highest BCUT2D eigenvalue weighted by atomic mass is 19.1. The molecule has 130 valence electrons. The van der Waals surface area contributed by atoms with Gasteiger partial charge < -0.3 is 4.57 Å². The van der Waals surface area contributed by atoms with E-state index in [0.717, 1.165) is 43.3 Å². The largest absolute Gasteiger partial charge is 0.342 e. The van der Waals surface area contributed by atoms with Gasteiger partial charge in [-0.2, -0.15) is 0 Å². The highest BCUT2D eigenvalue weighted by Crippen LogP contribution is 2.34. The second kappa shape index (κ2) is 6.64. The first-order chi connectivity index (χ1) is 12.1. The molecule has 0 aliphatic carbocycles. The maximum absolute atomic E-state index is 14.6. The molecular weight excluding hydrogens is 311 g/mol. The Hall–Kier alpha value is -2.13. The third-order valence-corrected chi connectivity index (χ3v) is 5.59. The van der Waals surface area contributed by atoms with Gasteiger partial charge in [0.15, 0.2) is 0 Å². The highest BCUT2D eigenvalue weighted by molar-refractivity contribution is 5.86. The molecule has 1 aliphatic heterocycles. The predicted octanol–water partition coefficient (Wildman–Crippen LogP) is 4.79. The Morgan fingerprint density at radius 3 is 2.68 bits per heavy atom. The summed E-state index contributed by atoms with van der Waals surface area (Å²) in [5, 5.41) is 1.09. The lowest BCUT2D eigenvalue weighted by Gasteiger charge is -2.31. The number of likely N-dealkylation sites (N-methyl/N-ethyl adjacent to an activating group) is 1. The summed E-state index contributed by atoms with van der Waals surface area (Å²) in [6, 6.07) is 16.5. The summed E-state index contributed by atoms with van der Waals surface area (Å²) in [6.07, 6.45) is 3.04. The van der Waals surface area contributed by atoms with Gasteiger partial charge in [0.1, 0.15) is 5.82 Å². The second-order valence-electron chi connectivity index (χ2n) is 7.27. The summed E-state index contributed by atoms with van der Waals surface area (Å²) in [7, 11) is 2.16. The summed E-state index contributed by atoms with van der Waals surface area (Å²) in [4.78, 5) is 2.36. The van der Waals surface area contributed by atoms with Gasteiger partial charge >= 0.3 is 0 Å². The summed E-state index contributed by atoms with van der Waals surface area (Å²) in [5.41, 5.74) is 4.79. The molecule has 1 atom stereocenters. The molecule has 1 aliphatic rings. The van der Waals surface area contributed by atoms with Crippen molar-refractivity contribution in [2.24, 2.45) is 0 Å². The van der Waals surface area contributed by atoms with E-state index in [2.05, 4.69) is 53.8 Å². The average molecular weight is 336 g/mol. The van der Waals surface area contributed by atoms with Crippen LogP contribution >= 0.6 is 0 Å². The van der Waals surface area contributed by atoms with Gasteiger partial charge in [-0.25, -0.2) is 4.39 Å². The van der Waals surface area contributed by atoms with Gasteiger partial charge in [-0.3, -0.25) is 4.90 Å². The van der Waals surface area contributed by atoms with E-state index >= 15 is 0 Å². The minimum atomic E-state index is -0.0954. The van der Waals surface area contributed by atoms with Crippen LogP contribution in [0.4, 0.5) is 4.39 Å². The van der Waals surface area contributed by atoms with Crippen LogP contribution in [0.1, 0.15) is 30.2 Å². The molecule has 0 saturated heterocycles. The lowest BCUT2D eigenvalue weighted by atomic mass is 10.00. The summed E-state index contributed by atoms with van der Waals surface area (Å²) >= 11 is 0. The van der Waals surface area contributed by atoms with Crippen molar-refractivity contribution in [2.45, 2.75) is 45.3 Å². The van der Waals surface area contributed by atoms with Crippen LogP contribution in [0, 0.1) is 5.82 Å². The van der Waals surface area contributed by atoms with Crippen LogP contribution in [0.3, 0.4) is 0 Å². The number of nitrogens with zero attached hydrogens (tertiary/aromatic N) is 2. The first-order valence-electron chi connectivity index (χ1n) is 9.18. The molecule has 1 unspecified atom stereocenters. The molecule has 3 aromatic rings. The number of hydrogen-bond donors (Lipinski definition) is 0. The topological polar surface area (TPSA) is 8.17 Å². The summed E-state index contributed by atoms with van der Waals surface area (Å²) in [6.45, 7) is 4.03. The van der Waals surface area contributed by atoms with Crippen LogP contribution in [-0.4, -0.2) is 22.6 Å². The van der Waals surface area contributed by atoms with Crippen LogP contribution in [0.25, 0.3) is 10.9 Å². The van der Waals surface area contributed by atoms with Crippen LogP contribution in [0.5, 0.6) is 0 Å². The third-order valence-electron chi connectivity index (χ3n) is 5.59. The van der Waals surface area contributed by atoms with Crippen LogP contribution < -0.4 is 0 Å². The fourth-order valence-electron chi connectivity index (χ4n) is 4.07. The molecule has 2 heterocycles. The van der Waals surface area contributed by atoms with Crippen LogP contribution in [-0.2, 0) is 25.9 Å². The van der Waals surface area contributed by atoms with Crippen molar-refractivity contribution in [3.63, 3.8) is 0 Å². The zero-order valence-corrected chi connectivity index (χ0v) is 15.0. The van der Waals surface area contributed by atoms with Gasteiger partial charge in [0.05, 0.1) is 5.52 Å². The number of halogens is 1. The lowest BCUT2D eigenvalue weighted by molar-refractivity contribution is 0.228. The molecule has 0 N–H and O–H groups in total. The Balaban J connectivity index is 1.69. The molecule has 0 spiro atoms. The van der Waals surface area contributed by atoms with E-state index in [1.807, 2.05) is 12.1 Å². The van der Waals surface area contributed by atoms with Gasteiger partial charge in [0.2, 0.25) is 0 Å². The molecule has 0 amide bonds. The molecule has 0 radical (unpaired) electrons. The van der Waals surface area contributed by atoms with Gasteiger partial charge in [-0.1, -0.05) is 42.5 Å². The smallest absolute Gasteiger partial charge is 0.147 e. The molecule has 2 nitrogen and oxygen atoms in total. The van der Waals surface area contributed by atoms with Gasteiger partial charge in [-0.05, 0) is 44.0 Å². The quantitative estimate of drug-likeness (QED) is 0.665. The molecule has 0 bridgehead atoms. The Bertz CT molecular complexity index is 882. The standard InChI is InChI=1S/C22H25FN2/c1-16-14-21-19(15-24(16)2)18-11-6-12-20(23)22(18)25(21)13-7-10-17-8-4-3-5-9-17/h3-6,8-9,11-12,16H,7,10,13-15H2,1-2H3. The predicted molar refractivity (Wildman–Crippen MR) is 101 cm³/mol. The fraction of sp³-hybridized carbons (Fsp3) is 0.364. The van der Waals surface area contributed by atoms with Crippen molar-refractivity contribution >= 4 is 10.9 Å². The minimum Gasteiger partial charge on any atom is -0.342 e. The molecule has 4 rings (SSSR count). The van der Waals surface area contributed by atoms with Crippen molar-refractivity contribution in [3.05, 3.63) is 71.2 Å². The average Bonchev–Trinajstić information content (AvgIpc) is 2.91. The van der Waals surface area contributed by atoms with Crippen molar-refractivity contribution < 1.29 is 4.39 Å². The number of benzene rings is 2. The Morgan fingerprint density at radius 1 is 1.08 bits per heavy atom. The zero-order valence-electron chi connectivity index (χ0n) is 15.0. The van der Waals surface area contributed by atoms with E-state index < -0.39 is 0 Å². The molecule has 25 heavy (non-hydrogen) atoms. The van der Waals surface area contributed by atoms with Gasteiger partial charge in [-0.15, -0.1) is 0 Å². The SMILES string of the molecule is CC1Cc2c(c3cccc(F)c3n2CCCc2ccccc2)CN1C. The van der Waals surface area contributed by atoms with Crippen molar-refractivity contribution in [1.29, 1.82) is 0 Å². The lowest BCUT2D eigenvalue weighted by Crippen LogP contribution is -2.35. The molecule has 0 fully saturated rings.